The molecule has 10 N–H and O–H groups in total. The number of tetrazole rings is 1. The second-order valence-electron chi connectivity index (χ2n) is 6.90. The number of primary sulfonamides is 1. The van der Waals surface area contributed by atoms with Crippen LogP contribution in [0.25, 0.3) is 22.5 Å². The zero-order valence-corrected chi connectivity index (χ0v) is 19.2. The van der Waals surface area contributed by atoms with Crippen LogP contribution in [0, 0.1) is 0 Å². The third kappa shape index (κ3) is 5.02. The molecule has 0 aliphatic carbocycles. The molecule has 1 amide bonds. The maximum atomic E-state index is 12.8. The van der Waals surface area contributed by atoms with Crippen molar-refractivity contribution in [3.63, 3.8) is 0 Å². The van der Waals surface area contributed by atoms with Gasteiger partial charge in [-0.2, -0.15) is 5.21 Å². The third-order valence-corrected chi connectivity index (χ3v) is 7.51. The van der Waals surface area contributed by atoms with Crippen molar-refractivity contribution in [2.45, 2.75) is 9.79 Å². The van der Waals surface area contributed by atoms with Crippen molar-refractivity contribution in [3.8, 4) is 22.5 Å². The van der Waals surface area contributed by atoms with Crippen LogP contribution in [-0.2, 0) is 19.9 Å². The van der Waals surface area contributed by atoms with Crippen LogP contribution in [0.2, 0.25) is 0 Å². The summed E-state index contributed by atoms with van der Waals surface area (Å²) in [6.45, 7) is 0.117. The summed E-state index contributed by atoms with van der Waals surface area (Å²) in [4.78, 5) is 15.2. The van der Waals surface area contributed by atoms with Crippen LogP contribution in [0.3, 0.4) is 0 Å². The molecule has 2 heterocycles. The first kappa shape index (κ1) is 25.1. The molecule has 0 saturated carbocycles. The van der Waals surface area contributed by atoms with Gasteiger partial charge in [0.2, 0.25) is 15.8 Å². The molecule has 0 radical (unpaired) electrons. The largest absolute Gasteiger partial charge is 0.383 e. The van der Waals surface area contributed by atoms with Crippen LogP contribution in [0.4, 0.5) is 5.82 Å². The van der Waals surface area contributed by atoms with Crippen molar-refractivity contribution in [3.05, 3.63) is 30.0 Å². The highest BCUT2D eigenvalue weighted by Crippen LogP contribution is 2.39. The second kappa shape index (κ2) is 9.77. The SMILES string of the molecule is NCCNC(=O)c1cc(-c2ccc(S(=O)(=O)CCN)c(S(N)(=O)=O)c2-c2nn[nH]n2)cnc1N. The Balaban J connectivity index is 2.38. The number of anilines is 1. The molecule has 0 bridgehead atoms. The molecule has 34 heavy (non-hydrogen) atoms. The topological polar surface area (TPSA) is 269 Å². The number of hydrogen-bond acceptors (Lipinski definition) is 12. The Morgan fingerprint density at radius 3 is 2.44 bits per heavy atom. The molecular formula is C17H22N10O5S2. The number of rotatable bonds is 9. The molecule has 2 aromatic heterocycles. The van der Waals surface area contributed by atoms with Crippen molar-refractivity contribution < 1.29 is 21.6 Å². The second-order valence-corrected chi connectivity index (χ2v) is 10.5. The molecule has 0 aliphatic heterocycles. The molecule has 17 heteroatoms. The average molecular weight is 511 g/mol. The number of aromatic amines is 1. The summed E-state index contributed by atoms with van der Waals surface area (Å²) < 4.78 is 50.9. The van der Waals surface area contributed by atoms with E-state index in [1.807, 2.05) is 0 Å². The molecule has 0 spiro atoms. The van der Waals surface area contributed by atoms with Crippen molar-refractivity contribution in [2.75, 3.05) is 31.1 Å². The van der Waals surface area contributed by atoms with Gasteiger partial charge >= 0.3 is 0 Å². The van der Waals surface area contributed by atoms with E-state index in [0.717, 1.165) is 6.07 Å². The average Bonchev–Trinajstić information content (AvgIpc) is 3.31. The van der Waals surface area contributed by atoms with Gasteiger partial charge in [-0.15, -0.1) is 10.2 Å². The normalized spacial score (nSPS) is 12.0. The van der Waals surface area contributed by atoms with Crippen LogP contribution in [0.5, 0.6) is 0 Å². The summed E-state index contributed by atoms with van der Waals surface area (Å²) in [5.41, 5.74) is 16.7. The van der Waals surface area contributed by atoms with E-state index in [1.54, 1.807) is 0 Å². The molecule has 15 nitrogen and oxygen atoms in total. The lowest BCUT2D eigenvalue weighted by Crippen LogP contribution is -2.29. The molecule has 0 unspecified atom stereocenters. The van der Waals surface area contributed by atoms with E-state index in [9.17, 15) is 21.6 Å². The zero-order valence-electron chi connectivity index (χ0n) is 17.6. The highest BCUT2D eigenvalue weighted by Gasteiger charge is 2.32. The number of sulfonamides is 1. The molecule has 1 aromatic carbocycles. The van der Waals surface area contributed by atoms with Gasteiger partial charge in [0, 0.05) is 31.4 Å². The van der Waals surface area contributed by atoms with Gasteiger partial charge in [0.05, 0.1) is 21.8 Å². The van der Waals surface area contributed by atoms with Gasteiger partial charge in [0.1, 0.15) is 10.7 Å². The van der Waals surface area contributed by atoms with E-state index in [2.05, 4.69) is 30.9 Å². The lowest BCUT2D eigenvalue weighted by molar-refractivity contribution is 0.0955. The van der Waals surface area contributed by atoms with Crippen molar-refractivity contribution in [1.82, 2.24) is 30.9 Å². The number of nitrogen functional groups attached to an aromatic ring is 1. The van der Waals surface area contributed by atoms with E-state index in [4.69, 9.17) is 22.3 Å². The lowest BCUT2D eigenvalue weighted by atomic mass is 9.99. The van der Waals surface area contributed by atoms with Gasteiger partial charge in [0.25, 0.3) is 5.91 Å². The molecular weight excluding hydrogens is 488 g/mol. The maximum Gasteiger partial charge on any atom is 0.255 e. The number of sulfone groups is 1. The summed E-state index contributed by atoms with van der Waals surface area (Å²) in [5, 5.41) is 21.2. The fraction of sp³-hybridized carbons (Fsp3) is 0.235. The zero-order chi connectivity index (χ0) is 25.1. The number of nitrogens with two attached hydrogens (primary N) is 4. The Kier molecular flexibility index (Phi) is 7.22. The standard InChI is InChI=1S/C17H22N10O5S2/c18-3-5-22-17(28)11-7-9(8-23-15(11)20)10-1-2-12(33(29,30)6-4-19)14(34(21,31)32)13(10)16-24-26-27-25-16/h1-2,7-8H,3-6,18-19H2,(H2,20,23)(H,22,28)(H2,21,31,32)(H,24,25,26,27). The van der Waals surface area contributed by atoms with Gasteiger partial charge in [-0.25, -0.2) is 27.0 Å². The van der Waals surface area contributed by atoms with Gasteiger partial charge in [-0.1, -0.05) is 6.07 Å². The van der Waals surface area contributed by atoms with E-state index in [0.29, 0.717) is 0 Å². The highest BCUT2D eigenvalue weighted by atomic mass is 32.2. The molecule has 3 rings (SSSR count). The Morgan fingerprint density at radius 2 is 1.85 bits per heavy atom. The van der Waals surface area contributed by atoms with E-state index >= 15 is 0 Å². The number of pyridine rings is 1. The van der Waals surface area contributed by atoms with Gasteiger partial charge in [0.15, 0.2) is 9.84 Å². The van der Waals surface area contributed by atoms with Crippen molar-refractivity contribution in [1.29, 1.82) is 0 Å². The monoisotopic (exact) mass is 510 g/mol. The predicted octanol–water partition coefficient (Wildman–Crippen LogP) is -2.42. The summed E-state index contributed by atoms with van der Waals surface area (Å²) >= 11 is 0. The van der Waals surface area contributed by atoms with E-state index < -0.39 is 41.3 Å². The molecule has 0 aliphatic rings. The molecule has 182 valence electrons. The minimum absolute atomic E-state index is 0.0120. The number of amides is 1. The fourth-order valence-corrected chi connectivity index (χ4v) is 5.93. The first-order valence-electron chi connectivity index (χ1n) is 9.62. The number of carbonyl (C=O) groups is 1. The van der Waals surface area contributed by atoms with Gasteiger partial charge in [-0.3, -0.25) is 4.79 Å². The fourth-order valence-electron chi connectivity index (χ4n) is 3.17. The summed E-state index contributed by atoms with van der Waals surface area (Å²) in [6.07, 6.45) is 1.27. The maximum absolute atomic E-state index is 12.8. The predicted molar refractivity (Wildman–Crippen MR) is 121 cm³/mol. The number of benzene rings is 1. The summed E-state index contributed by atoms with van der Waals surface area (Å²) in [5.74, 6) is -1.44. The highest BCUT2D eigenvalue weighted by molar-refractivity contribution is 7.93. The Labute approximate surface area is 194 Å². The lowest BCUT2D eigenvalue weighted by Gasteiger charge is -2.16. The third-order valence-electron chi connectivity index (χ3n) is 4.60. The number of aromatic nitrogens is 5. The van der Waals surface area contributed by atoms with E-state index in [1.165, 1.54) is 18.3 Å². The van der Waals surface area contributed by atoms with Gasteiger partial charge < -0.3 is 22.5 Å². The van der Waals surface area contributed by atoms with Crippen LogP contribution < -0.4 is 27.7 Å². The van der Waals surface area contributed by atoms with Crippen LogP contribution in [0.15, 0.2) is 34.2 Å². The molecule has 3 aromatic rings. The van der Waals surface area contributed by atoms with E-state index in [-0.39, 0.29) is 53.5 Å². The summed E-state index contributed by atoms with van der Waals surface area (Å²) in [6, 6.07) is 3.75. The number of hydrogen-bond donors (Lipinski definition) is 6. The molecule has 0 saturated heterocycles. The molecule has 0 atom stereocenters. The number of H-pyrrole nitrogens is 1. The Hall–Kier alpha value is -3.51. The van der Waals surface area contributed by atoms with Crippen molar-refractivity contribution in [2.24, 2.45) is 16.6 Å². The first-order valence-corrected chi connectivity index (χ1v) is 12.8. The quantitative estimate of drug-likeness (QED) is 0.175. The van der Waals surface area contributed by atoms with Crippen LogP contribution in [-0.4, -0.2) is 73.7 Å². The van der Waals surface area contributed by atoms with Gasteiger partial charge in [-0.05, 0) is 22.9 Å². The summed E-state index contributed by atoms with van der Waals surface area (Å²) in [7, 11) is -8.81. The number of carbonyl (C=O) groups excluding carboxylic acids is 1. The van der Waals surface area contributed by atoms with Crippen LogP contribution in [0.1, 0.15) is 10.4 Å². The smallest absolute Gasteiger partial charge is 0.255 e. The minimum Gasteiger partial charge on any atom is -0.383 e. The van der Waals surface area contributed by atoms with Crippen molar-refractivity contribution >= 4 is 31.6 Å². The Bertz CT molecular complexity index is 1420. The number of nitrogens with one attached hydrogen (secondary N) is 2. The molecule has 0 fully saturated rings. The Morgan fingerprint density at radius 1 is 1.12 bits per heavy atom. The minimum atomic E-state index is -4.65. The van der Waals surface area contributed by atoms with Crippen LogP contribution >= 0.6 is 0 Å². The number of nitrogens with zero attached hydrogens (tertiary/aromatic N) is 4. The first-order chi connectivity index (χ1) is 16.0.